The summed E-state index contributed by atoms with van der Waals surface area (Å²) in [6.45, 7) is 1.72. The lowest BCUT2D eigenvalue weighted by molar-refractivity contribution is 0.203. The van der Waals surface area contributed by atoms with Crippen molar-refractivity contribution in [3.63, 3.8) is 0 Å². The first kappa shape index (κ1) is 18.1. The highest BCUT2D eigenvalue weighted by Crippen LogP contribution is 2.39. The molecule has 4 heterocycles. The highest BCUT2D eigenvalue weighted by molar-refractivity contribution is 7.15. The number of ether oxygens (including phenoxy) is 1. The number of pyridine rings is 2. The van der Waals surface area contributed by atoms with E-state index in [0.29, 0.717) is 17.5 Å². The Morgan fingerprint density at radius 1 is 1.31 bits per heavy atom. The Balaban J connectivity index is 1.62. The molecule has 5 rings (SSSR count). The van der Waals surface area contributed by atoms with Crippen LogP contribution in [-0.4, -0.2) is 31.4 Å². The number of thiazole rings is 1. The molecule has 4 aromatic rings. The maximum Gasteiger partial charge on any atom is 0.251 e. The SMILES string of the molecule is COc1ccc2c(-c3nc(-c4ccn(C5CC5)c(=O)c4)c(C(C)O)s3)cnn2c1. The van der Waals surface area contributed by atoms with Crippen LogP contribution in [0.3, 0.4) is 0 Å². The van der Waals surface area contributed by atoms with Crippen molar-refractivity contribution < 1.29 is 9.84 Å². The minimum absolute atomic E-state index is 0.0285. The van der Waals surface area contributed by atoms with Gasteiger partial charge in [-0.15, -0.1) is 11.3 Å². The normalized spacial score (nSPS) is 15.0. The molecule has 0 amide bonds. The summed E-state index contributed by atoms with van der Waals surface area (Å²) in [6.07, 6.45) is 6.82. The van der Waals surface area contributed by atoms with Gasteiger partial charge in [-0.3, -0.25) is 4.79 Å². The van der Waals surface area contributed by atoms with Crippen LogP contribution in [0.2, 0.25) is 0 Å². The van der Waals surface area contributed by atoms with Crippen molar-refractivity contribution >= 4 is 16.9 Å². The number of aliphatic hydroxyl groups is 1. The van der Waals surface area contributed by atoms with Gasteiger partial charge in [0, 0.05) is 23.9 Å². The molecule has 0 aliphatic heterocycles. The van der Waals surface area contributed by atoms with E-state index >= 15 is 0 Å². The van der Waals surface area contributed by atoms with E-state index in [2.05, 4.69) is 5.10 Å². The number of methoxy groups -OCH3 is 1. The molecule has 7 nitrogen and oxygen atoms in total. The first-order valence-electron chi connectivity index (χ1n) is 9.48. The predicted octanol–water partition coefficient (Wildman–Crippen LogP) is 3.68. The summed E-state index contributed by atoms with van der Waals surface area (Å²) in [5.41, 5.74) is 3.11. The summed E-state index contributed by atoms with van der Waals surface area (Å²) < 4.78 is 8.77. The number of fused-ring (bicyclic) bond motifs is 1. The minimum Gasteiger partial charge on any atom is -0.495 e. The fourth-order valence-corrected chi connectivity index (χ4v) is 4.52. The van der Waals surface area contributed by atoms with Crippen LogP contribution in [0.1, 0.15) is 36.8 Å². The largest absolute Gasteiger partial charge is 0.495 e. The van der Waals surface area contributed by atoms with E-state index in [0.717, 1.165) is 39.4 Å². The smallest absolute Gasteiger partial charge is 0.251 e. The molecular formula is C21H20N4O3S. The van der Waals surface area contributed by atoms with Crippen molar-refractivity contribution in [2.75, 3.05) is 7.11 Å². The van der Waals surface area contributed by atoms with Crippen molar-refractivity contribution in [3.05, 3.63) is 58.1 Å². The van der Waals surface area contributed by atoms with Crippen molar-refractivity contribution in [1.82, 2.24) is 19.2 Å². The second-order valence-electron chi connectivity index (χ2n) is 7.26. The first-order chi connectivity index (χ1) is 14.0. The zero-order valence-corrected chi connectivity index (χ0v) is 16.9. The van der Waals surface area contributed by atoms with Gasteiger partial charge >= 0.3 is 0 Å². The molecule has 8 heteroatoms. The summed E-state index contributed by atoms with van der Waals surface area (Å²) in [5.74, 6) is 0.716. The average molecular weight is 408 g/mol. The molecule has 1 N–H and O–H groups in total. The molecule has 0 bridgehead atoms. The van der Waals surface area contributed by atoms with Gasteiger partial charge in [-0.1, -0.05) is 0 Å². The third-order valence-electron chi connectivity index (χ3n) is 5.15. The Morgan fingerprint density at radius 3 is 2.83 bits per heavy atom. The highest BCUT2D eigenvalue weighted by atomic mass is 32.1. The molecule has 0 aromatic carbocycles. The molecule has 29 heavy (non-hydrogen) atoms. The Hall–Kier alpha value is -2.97. The lowest BCUT2D eigenvalue weighted by atomic mass is 10.1. The number of aliphatic hydroxyl groups excluding tert-OH is 1. The number of hydrogen-bond donors (Lipinski definition) is 1. The van der Waals surface area contributed by atoms with Crippen LogP contribution in [0, 0.1) is 0 Å². The van der Waals surface area contributed by atoms with Crippen LogP contribution in [-0.2, 0) is 0 Å². The number of aromatic nitrogens is 4. The topological polar surface area (TPSA) is 81.7 Å². The lowest BCUT2D eigenvalue weighted by Crippen LogP contribution is -2.17. The van der Waals surface area contributed by atoms with E-state index in [1.807, 2.05) is 24.4 Å². The van der Waals surface area contributed by atoms with Crippen LogP contribution in [0.4, 0.5) is 0 Å². The Kier molecular flexibility index (Phi) is 4.25. The molecule has 1 fully saturated rings. The summed E-state index contributed by atoms with van der Waals surface area (Å²) >= 11 is 1.42. The van der Waals surface area contributed by atoms with E-state index in [1.165, 1.54) is 11.3 Å². The number of hydrogen-bond acceptors (Lipinski definition) is 6. The summed E-state index contributed by atoms with van der Waals surface area (Å²) in [6, 6.07) is 7.66. The molecule has 0 spiro atoms. The fourth-order valence-electron chi connectivity index (χ4n) is 3.48. The molecule has 1 saturated carbocycles. The first-order valence-corrected chi connectivity index (χ1v) is 10.3. The van der Waals surface area contributed by atoms with E-state index in [1.54, 1.807) is 41.6 Å². The predicted molar refractivity (Wildman–Crippen MR) is 111 cm³/mol. The van der Waals surface area contributed by atoms with Gasteiger partial charge in [-0.2, -0.15) is 5.10 Å². The van der Waals surface area contributed by atoms with Crippen LogP contribution in [0.15, 0.2) is 47.7 Å². The van der Waals surface area contributed by atoms with E-state index in [4.69, 9.17) is 9.72 Å². The molecule has 0 radical (unpaired) electrons. The van der Waals surface area contributed by atoms with Gasteiger partial charge in [0.1, 0.15) is 10.8 Å². The monoisotopic (exact) mass is 408 g/mol. The molecule has 1 atom stereocenters. The summed E-state index contributed by atoms with van der Waals surface area (Å²) in [5, 5.41) is 15.5. The van der Waals surface area contributed by atoms with Crippen LogP contribution in [0.5, 0.6) is 5.75 Å². The zero-order valence-electron chi connectivity index (χ0n) is 16.1. The summed E-state index contributed by atoms with van der Waals surface area (Å²) in [4.78, 5) is 18.0. The minimum atomic E-state index is -0.691. The number of nitrogens with zero attached hydrogens (tertiary/aromatic N) is 4. The van der Waals surface area contributed by atoms with Crippen molar-refractivity contribution in [3.8, 4) is 27.6 Å². The third kappa shape index (κ3) is 3.14. The van der Waals surface area contributed by atoms with Crippen molar-refractivity contribution in [2.24, 2.45) is 0 Å². The van der Waals surface area contributed by atoms with Gasteiger partial charge in [-0.25, -0.2) is 9.50 Å². The maximum atomic E-state index is 12.5. The van der Waals surface area contributed by atoms with Crippen molar-refractivity contribution in [1.29, 1.82) is 0 Å². The molecule has 0 saturated heterocycles. The van der Waals surface area contributed by atoms with E-state index in [9.17, 15) is 9.90 Å². The second-order valence-corrected chi connectivity index (χ2v) is 8.29. The van der Waals surface area contributed by atoms with Gasteiger partial charge in [0.05, 0.1) is 47.3 Å². The van der Waals surface area contributed by atoms with E-state index < -0.39 is 6.10 Å². The Morgan fingerprint density at radius 2 is 2.14 bits per heavy atom. The standard InChI is InChI=1S/C21H20N4O3S/c1-12(26)20-19(13-7-8-24(14-3-4-14)18(27)9-13)23-21(29-20)16-10-22-25-11-15(28-2)5-6-17(16)25/h5-12,14,26H,3-4H2,1-2H3. The molecular weight excluding hydrogens is 388 g/mol. The zero-order chi connectivity index (χ0) is 20.1. The highest BCUT2D eigenvalue weighted by Gasteiger charge is 2.25. The van der Waals surface area contributed by atoms with Gasteiger partial charge in [0.2, 0.25) is 0 Å². The van der Waals surface area contributed by atoms with E-state index in [-0.39, 0.29) is 5.56 Å². The molecule has 148 valence electrons. The molecule has 1 aliphatic rings. The van der Waals surface area contributed by atoms with Gasteiger partial charge < -0.3 is 14.4 Å². The van der Waals surface area contributed by atoms with Crippen LogP contribution in [0.25, 0.3) is 27.3 Å². The molecule has 1 aliphatic carbocycles. The number of rotatable bonds is 5. The Bertz CT molecular complexity index is 1270. The molecule has 4 aromatic heterocycles. The fraction of sp³-hybridized carbons (Fsp3) is 0.286. The van der Waals surface area contributed by atoms with Gasteiger partial charge in [-0.05, 0) is 38.0 Å². The van der Waals surface area contributed by atoms with Gasteiger partial charge in [0.15, 0.2) is 0 Å². The third-order valence-corrected chi connectivity index (χ3v) is 6.41. The summed E-state index contributed by atoms with van der Waals surface area (Å²) in [7, 11) is 1.62. The van der Waals surface area contributed by atoms with Crippen LogP contribution >= 0.6 is 11.3 Å². The lowest BCUT2D eigenvalue weighted by Gasteiger charge is -2.07. The maximum absolute atomic E-state index is 12.5. The van der Waals surface area contributed by atoms with Crippen molar-refractivity contribution in [2.45, 2.75) is 31.9 Å². The molecule has 1 unspecified atom stereocenters. The van der Waals surface area contributed by atoms with Crippen LogP contribution < -0.4 is 10.3 Å². The quantitative estimate of drug-likeness (QED) is 0.545. The van der Waals surface area contributed by atoms with Gasteiger partial charge in [0.25, 0.3) is 5.56 Å². The average Bonchev–Trinajstić information content (AvgIpc) is 3.31. The second kappa shape index (κ2) is 6.82. The Labute approximate surface area is 170 Å².